The molecule has 23 heavy (non-hydrogen) atoms. The van der Waals surface area contributed by atoms with Crippen molar-refractivity contribution < 1.29 is 4.79 Å². The molecule has 1 amide bonds. The second kappa shape index (κ2) is 7.33. The molecule has 0 saturated carbocycles. The fourth-order valence-electron chi connectivity index (χ4n) is 2.38. The smallest absolute Gasteiger partial charge is 0.268 e. The van der Waals surface area contributed by atoms with E-state index >= 15 is 0 Å². The molecular weight excluding hydrogens is 306 g/mol. The Kier molecular flexibility index (Phi) is 5.45. The highest BCUT2D eigenvalue weighted by molar-refractivity contribution is 8.03. The molecule has 1 heterocycles. The molecule has 0 fully saturated rings. The number of nitrogens with one attached hydrogen (secondary N) is 2. The molecule has 1 aromatic carbocycles. The predicted octanol–water partition coefficient (Wildman–Crippen LogP) is 3.89. The van der Waals surface area contributed by atoms with Gasteiger partial charge in [0.05, 0.1) is 0 Å². The Hall–Kier alpha value is -2.27. The van der Waals surface area contributed by atoms with Crippen molar-refractivity contribution in [2.75, 3.05) is 0 Å². The number of benzene rings is 1. The molecule has 0 atom stereocenters. The molecule has 0 bridgehead atoms. The lowest BCUT2D eigenvalue weighted by Crippen LogP contribution is -2.26. The molecule has 4 nitrogen and oxygen atoms in total. The van der Waals surface area contributed by atoms with E-state index in [1.807, 2.05) is 55.8 Å². The van der Waals surface area contributed by atoms with Crippen LogP contribution in [0.25, 0.3) is 0 Å². The molecule has 0 aliphatic carbocycles. The molecule has 120 valence electrons. The first kappa shape index (κ1) is 17.1. The quantitative estimate of drug-likeness (QED) is 0.625. The summed E-state index contributed by atoms with van der Waals surface area (Å²) in [6.45, 7) is 8.23. The maximum Gasteiger partial charge on any atom is 0.268 e. The van der Waals surface area contributed by atoms with Crippen molar-refractivity contribution in [3.63, 3.8) is 0 Å². The minimum absolute atomic E-state index is 0.175. The number of allylic oxidation sites excluding steroid dienone is 1. The number of carbonyl (C=O) groups excluding carboxylic acids is 1. The van der Waals surface area contributed by atoms with Gasteiger partial charge in [0.25, 0.3) is 5.91 Å². The normalized spacial score (nSPS) is 10.4. The van der Waals surface area contributed by atoms with Crippen LogP contribution >= 0.6 is 11.8 Å². The van der Waals surface area contributed by atoms with Crippen molar-refractivity contribution in [3.05, 3.63) is 64.3 Å². The van der Waals surface area contributed by atoms with Gasteiger partial charge in [-0.3, -0.25) is 4.79 Å². The number of rotatable bonds is 6. The fraction of sp³-hybridized carbons (Fsp3) is 0.222. The van der Waals surface area contributed by atoms with E-state index in [1.54, 1.807) is 0 Å². The summed E-state index contributed by atoms with van der Waals surface area (Å²) >= 11 is 1.50. The van der Waals surface area contributed by atoms with Crippen molar-refractivity contribution in [2.24, 2.45) is 7.05 Å². The van der Waals surface area contributed by atoms with E-state index in [-0.39, 0.29) is 5.91 Å². The number of amides is 1. The standard InChI is InChI=1S/C18H21N3OS/c1-12(2)23-17-13(3)21(4)16(15(17)10-19)18(22)20-11-14-8-6-5-7-9-14/h5-10,19H,1,11H2,2-4H3,(H,20,22). The number of carbonyl (C=O) groups is 1. The highest BCUT2D eigenvalue weighted by Gasteiger charge is 2.22. The van der Waals surface area contributed by atoms with Gasteiger partial charge in [-0.1, -0.05) is 48.7 Å². The average molecular weight is 327 g/mol. The topological polar surface area (TPSA) is 57.9 Å². The van der Waals surface area contributed by atoms with Crippen LogP contribution in [0.3, 0.4) is 0 Å². The largest absolute Gasteiger partial charge is 0.347 e. The van der Waals surface area contributed by atoms with Crippen LogP contribution in [-0.2, 0) is 13.6 Å². The monoisotopic (exact) mass is 327 g/mol. The second-order valence-corrected chi connectivity index (χ2v) is 6.66. The summed E-state index contributed by atoms with van der Waals surface area (Å²) < 4.78 is 1.84. The van der Waals surface area contributed by atoms with E-state index in [4.69, 9.17) is 5.41 Å². The van der Waals surface area contributed by atoms with E-state index in [2.05, 4.69) is 11.9 Å². The maximum absolute atomic E-state index is 12.6. The van der Waals surface area contributed by atoms with Gasteiger partial charge in [-0.05, 0) is 24.3 Å². The molecular formula is C18H21N3OS. The van der Waals surface area contributed by atoms with E-state index in [9.17, 15) is 4.79 Å². The zero-order valence-electron chi connectivity index (χ0n) is 13.6. The summed E-state index contributed by atoms with van der Waals surface area (Å²) in [5, 5.41) is 10.6. The van der Waals surface area contributed by atoms with Gasteiger partial charge in [0.2, 0.25) is 0 Å². The van der Waals surface area contributed by atoms with E-state index < -0.39 is 0 Å². The Morgan fingerprint density at radius 2 is 2.04 bits per heavy atom. The van der Waals surface area contributed by atoms with Crippen LogP contribution in [0.1, 0.15) is 34.2 Å². The SMILES string of the molecule is C=C(C)Sc1c(C=N)c(C(=O)NCc2ccccc2)n(C)c1C. The maximum atomic E-state index is 12.6. The van der Waals surface area contributed by atoms with Gasteiger partial charge in [-0.2, -0.15) is 0 Å². The minimum Gasteiger partial charge on any atom is -0.347 e. The number of hydrogen-bond donors (Lipinski definition) is 2. The minimum atomic E-state index is -0.175. The number of aromatic nitrogens is 1. The third kappa shape index (κ3) is 3.74. The van der Waals surface area contributed by atoms with Crippen LogP contribution in [-0.4, -0.2) is 16.7 Å². The van der Waals surface area contributed by atoms with Crippen molar-refractivity contribution in [1.82, 2.24) is 9.88 Å². The Morgan fingerprint density at radius 3 is 2.61 bits per heavy atom. The summed E-state index contributed by atoms with van der Waals surface area (Å²) in [6, 6.07) is 9.77. The van der Waals surface area contributed by atoms with Gasteiger partial charge < -0.3 is 15.3 Å². The highest BCUT2D eigenvalue weighted by atomic mass is 32.2. The molecule has 0 saturated heterocycles. The van der Waals surface area contributed by atoms with Gasteiger partial charge in [-0.15, -0.1) is 0 Å². The molecule has 1 aromatic heterocycles. The first-order chi connectivity index (χ1) is 11.0. The van der Waals surface area contributed by atoms with Crippen LogP contribution < -0.4 is 5.32 Å². The molecule has 0 aliphatic heterocycles. The molecule has 2 aromatic rings. The average Bonchev–Trinajstić information content (AvgIpc) is 2.77. The molecule has 5 heteroatoms. The zero-order valence-corrected chi connectivity index (χ0v) is 14.5. The van der Waals surface area contributed by atoms with Gasteiger partial charge in [0.1, 0.15) is 5.69 Å². The van der Waals surface area contributed by atoms with Crippen LogP contribution in [0.15, 0.2) is 46.7 Å². The Labute approximate surface area is 141 Å². The third-order valence-corrected chi connectivity index (χ3v) is 4.67. The van der Waals surface area contributed by atoms with Crippen molar-refractivity contribution >= 4 is 23.9 Å². The van der Waals surface area contributed by atoms with Crippen molar-refractivity contribution in [1.29, 1.82) is 5.41 Å². The number of nitrogens with zero attached hydrogens (tertiary/aromatic N) is 1. The lowest BCUT2D eigenvalue weighted by Gasteiger charge is -2.08. The Balaban J connectivity index is 2.29. The molecule has 2 rings (SSSR count). The molecule has 0 aliphatic rings. The van der Waals surface area contributed by atoms with Crippen LogP contribution in [0, 0.1) is 12.3 Å². The predicted molar refractivity (Wildman–Crippen MR) is 96.3 cm³/mol. The first-order valence-corrected chi connectivity index (χ1v) is 8.12. The second-order valence-electron chi connectivity index (χ2n) is 5.35. The van der Waals surface area contributed by atoms with E-state index in [0.717, 1.165) is 21.1 Å². The highest BCUT2D eigenvalue weighted by Crippen LogP contribution is 2.34. The first-order valence-electron chi connectivity index (χ1n) is 7.31. The van der Waals surface area contributed by atoms with E-state index in [0.29, 0.717) is 17.8 Å². The van der Waals surface area contributed by atoms with Gasteiger partial charge in [-0.25, -0.2) is 0 Å². The van der Waals surface area contributed by atoms with Crippen LogP contribution in [0.4, 0.5) is 0 Å². The number of hydrogen-bond acceptors (Lipinski definition) is 3. The molecule has 0 spiro atoms. The molecule has 2 N–H and O–H groups in total. The summed E-state index contributed by atoms with van der Waals surface area (Å²) in [6.07, 6.45) is 1.25. The van der Waals surface area contributed by atoms with Crippen LogP contribution in [0.2, 0.25) is 0 Å². The van der Waals surface area contributed by atoms with Gasteiger partial charge in [0.15, 0.2) is 0 Å². The lowest BCUT2D eigenvalue weighted by atomic mass is 10.2. The van der Waals surface area contributed by atoms with Gasteiger partial charge >= 0.3 is 0 Å². The molecule has 0 unspecified atom stereocenters. The third-order valence-electron chi connectivity index (χ3n) is 3.60. The molecule has 0 radical (unpaired) electrons. The van der Waals surface area contributed by atoms with Crippen molar-refractivity contribution in [2.45, 2.75) is 25.3 Å². The van der Waals surface area contributed by atoms with Crippen LogP contribution in [0.5, 0.6) is 0 Å². The van der Waals surface area contributed by atoms with Gasteiger partial charge in [0, 0.05) is 36.0 Å². The van der Waals surface area contributed by atoms with Crippen molar-refractivity contribution in [3.8, 4) is 0 Å². The Bertz CT molecular complexity index is 747. The fourth-order valence-corrected chi connectivity index (χ4v) is 3.28. The number of thioether (sulfide) groups is 1. The summed E-state index contributed by atoms with van der Waals surface area (Å²) in [7, 11) is 1.85. The summed E-state index contributed by atoms with van der Waals surface area (Å²) in [5.41, 5.74) is 3.15. The summed E-state index contributed by atoms with van der Waals surface area (Å²) in [5.74, 6) is -0.175. The zero-order chi connectivity index (χ0) is 17.0. The summed E-state index contributed by atoms with van der Waals surface area (Å²) in [4.78, 5) is 14.4. The Morgan fingerprint density at radius 1 is 1.39 bits per heavy atom. The van der Waals surface area contributed by atoms with E-state index in [1.165, 1.54) is 18.0 Å². The lowest BCUT2D eigenvalue weighted by molar-refractivity contribution is 0.0942.